The molecule has 4 aliphatic rings. The molecule has 0 bridgehead atoms. The Labute approximate surface area is 187 Å². The zero-order chi connectivity index (χ0) is 23.6. The lowest BCUT2D eigenvalue weighted by molar-refractivity contribution is -0.193. The van der Waals surface area contributed by atoms with Gasteiger partial charge in [-0.2, -0.15) is 19.2 Å². The molecule has 0 unspecified atom stereocenters. The second kappa shape index (κ2) is 17.0. The number of hydrogen-bond donors (Lipinski definition) is 2. The third-order valence-electron chi connectivity index (χ3n) is 7.13. The van der Waals surface area contributed by atoms with Crippen LogP contribution in [0.3, 0.4) is 0 Å². The van der Waals surface area contributed by atoms with Gasteiger partial charge in [-0.1, -0.05) is 26.7 Å². The van der Waals surface area contributed by atoms with Crippen molar-refractivity contribution in [3.8, 4) is 0 Å². The van der Waals surface area contributed by atoms with Crippen molar-refractivity contribution in [3.05, 3.63) is 0 Å². The quantitative estimate of drug-likeness (QED) is 0.646. The summed E-state index contributed by atoms with van der Waals surface area (Å²) in [7, 11) is 0. The summed E-state index contributed by atoms with van der Waals surface area (Å²) in [4.78, 5) is 42.7. The Morgan fingerprint density at radius 2 is 1.26 bits per heavy atom. The molecular weight excluding hydrogens is 396 g/mol. The van der Waals surface area contributed by atoms with E-state index in [1.807, 2.05) is 0 Å². The van der Waals surface area contributed by atoms with Crippen molar-refractivity contribution < 1.29 is 24.0 Å². The standard InChI is InChI=1S/C11H21N.C6H13N.C5H8O.2CO2/c1-2-11(7-8-11)9-12-10-5-3-4-6-10;1-2-6(5-7)3-4-6;6-5-3-1-2-4-5;2*2-1-3/h10,12H,2-9H2,1H3;2-5,7H2,1H3;1-4H2;;. The van der Waals surface area contributed by atoms with Gasteiger partial charge in [-0.05, 0) is 81.6 Å². The molecule has 0 atom stereocenters. The van der Waals surface area contributed by atoms with E-state index in [1.54, 1.807) is 0 Å². The van der Waals surface area contributed by atoms with E-state index in [2.05, 4.69) is 19.2 Å². The van der Waals surface area contributed by atoms with Crippen LogP contribution in [0.1, 0.15) is 104 Å². The van der Waals surface area contributed by atoms with Crippen LogP contribution in [0.5, 0.6) is 0 Å². The van der Waals surface area contributed by atoms with E-state index in [0.29, 0.717) is 11.2 Å². The SMILES string of the molecule is CCC1(CN)CC1.CCC1(CNC2CCCC2)CC1.O=C1CCCC1.O=C=O.O=C=O. The van der Waals surface area contributed by atoms with E-state index in [9.17, 15) is 4.79 Å². The average Bonchev–Trinajstić information content (AvgIpc) is 3.63. The summed E-state index contributed by atoms with van der Waals surface area (Å²) in [6.45, 7) is 6.76. The van der Waals surface area contributed by atoms with Crippen LogP contribution in [0.15, 0.2) is 0 Å². The number of nitrogens with one attached hydrogen (secondary N) is 1. The second-order valence-corrected chi connectivity index (χ2v) is 9.19. The van der Waals surface area contributed by atoms with Crippen molar-refractivity contribution in [2.45, 2.75) is 110 Å². The molecule has 0 saturated heterocycles. The summed E-state index contributed by atoms with van der Waals surface area (Å²) in [5.74, 6) is 0.454. The molecule has 0 aromatic carbocycles. The number of nitrogens with two attached hydrogens (primary N) is 1. The van der Waals surface area contributed by atoms with Gasteiger partial charge in [0.2, 0.25) is 0 Å². The van der Waals surface area contributed by atoms with Gasteiger partial charge in [0.15, 0.2) is 0 Å². The van der Waals surface area contributed by atoms with Crippen molar-refractivity contribution >= 4 is 18.1 Å². The van der Waals surface area contributed by atoms with E-state index < -0.39 is 0 Å². The molecule has 4 rings (SSSR count). The van der Waals surface area contributed by atoms with Crippen molar-refractivity contribution in [3.63, 3.8) is 0 Å². The number of carbonyl (C=O) groups is 1. The molecule has 178 valence electrons. The van der Waals surface area contributed by atoms with Gasteiger partial charge >= 0.3 is 12.3 Å². The van der Waals surface area contributed by atoms with Crippen LogP contribution in [-0.4, -0.2) is 37.2 Å². The van der Waals surface area contributed by atoms with Gasteiger partial charge in [0, 0.05) is 25.4 Å². The van der Waals surface area contributed by atoms with Crippen LogP contribution in [-0.2, 0) is 24.0 Å². The molecule has 4 fully saturated rings. The number of rotatable bonds is 6. The zero-order valence-corrected chi connectivity index (χ0v) is 19.5. The predicted octanol–water partition coefficient (Wildman–Crippen LogP) is 3.81. The Kier molecular flexibility index (Phi) is 16.1. The van der Waals surface area contributed by atoms with E-state index in [4.69, 9.17) is 24.9 Å². The summed E-state index contributed by atoms with van der Waals surface area (Å²) in [5.41, 5.74) is 6.83. The second-order valence-electron chi connectivity index (χ2n) is 9.19. The molecule has 0 radical (unpaired) electrons. The molecule has 4 aliphatic carbocycles. The molecule has 4 saturated carbocycles. The van der Waals surface area contributed by atoms with E-state index in [1.165, 1.54) is 70.8 Å². The molecular formula is C24H42N2O5. The molecule has 7 nitrogen and oxygen atoms in total. The number of hydrogen-bond acceptors (Lipinski definition) is 7. The molecule has 0 amide bonds. The van der Waals surface area contributed by atoms with Gasteiger partial charge in [0.25, 0.3) is 0 Å². The van der Waals surface area contributed by atoms with Gasteiger partial charge in [-0.3, -0.25) is 4.79 Å². The Morgan fingerprint density at radius 1 is 0.839 bits per heavy atom. The van der Waals surface area contributed by atoms with Crippen LogP contribution in [0.25, 0.3) is 0 Å². The molecule has 7 heteroatoms. The van der Waals surface area contributed by atoms with Crippen molar-refractivity contribution in [1.82, 2.24) is 5.32 Å². The maximum absolute atomic E-state index is 10.2. The Bertz CT molecular complexity index is 526. The topological polar surface area (TPSA) is 123 Å². The summed E-state index contributed by atoms with van der Waals surface area (Å²) >= 11 is 0. The average molecular weight is 439 g/mol. The highest BCUT2D eigenvalue weighted by atomic mass is 16.2. The van der Waals surface area contributed by atoms with Crippen molar-refractivity contribution in [1.29, 1.82) is 0 Å². The summed E-state index contributed by atoms with van der Waals surface area (Å²) in [6, 6.07) is 0.869. The Morgan fingerprint density at radius 3 is 1.48 bits per heavy atom. The van der Waals surface area contributed by atoms with Crippen LogP contribution < -0.4 is 11.1 Å². The normalized spacial score (nSPS) is 21.2. The lowest BCUT2D eigenvalue weighted by atomic mass is 10.0. The fourth-order valence-electron chi connectivity index (χ4n) is 3.97. The Hall–Kier alpha value is -1.65. The van der Waals surface area contributed by atoms with Crippen LogP contribution in [0.2, 0.25) is 0 Å². The summed E-state index contributed by atoms with van der Waals surface area (Å²) in [6.07, 6.45) is 18.6. The Balaban J connectivity index is 0.000000408. The summed E-state index contributed by atoms with van der Waals surface area (Å²) < 4.78 is 0. The first kappa shape index (κ1) is 29.4. The molecule has 0 aromatic rings. The largest absolute Gasteiger partial charge is 0.373 e. The molecule has 0 aliphatic heterocycles. The molecule has 31 heavy (non-hydrogen) atoms. The van der Waals surface area contributed by atoms with E-state index in [0.717, 1.165) is 43.7 Å². The molecule has 0 aromatic heterocycles. The third kappa shape index (κ3) is 14.1. The number of Topliss-reactive ketones (excluding diaryl/α,β-unsaturated/α-hetero) is 1. The van der Waals surface area contributed by atoms with E-state index in [-0.39, 0.29) is 12.3 Å². The summed E-state index contributed by atoms with van der Waals surface area (Å²) in [5, 5.41) is 3.74. The third-order valence-corrected chi connectivity index (χ3v) is 7.13. The first-order valence-corrected chi connectivity index (χ1v) is 11.8. The highest BCUT2D eigenvalue weighted by Gasteiger charge is 2.40. The van der Waals surface area contributed by atoms with Crippen molar-refractivity contribution in [2.24, 2.45) is 16.6 Å². The lowest BCUT2D eigenvalue weighted by Crippen LogP contribution is -2.31. The number of ketones is 1. The van der Waals surface area contributed by atoms with Gasteiger partial charge in [0.05, 0.1) is 0 Å². The number of carbonyl (C=O) groups excluding carboxylic acids is 5. The lowest BCUT2D eigenvalue weighted by Gasteiger charge is -2.17. The molecule has 3 N–H and O–H groups in total. The van der Waals surface area contributed by atoms with Gasteiger partial charge in [0.1, 0.15) is 5.78 Å². The highest BCUT2D eigenvalue weighted by molar-refractivity contribution is 5.80. The van der Waals surface area contributed by atoms with Gasteiger partial charge in [-0.15, -0.1) is 0 Å². The minimum Gasteiger partial charge on any atom is -0.330 e. The van der Waals surface area contributed by atoms with Crippen molar-refractivity contribution in [2.75, 3.05) is 13.1 Å². The predicted molar refractivity (Wildman–Crippen MR) is 117 cm³/mol. The molecule has 0 heterocycles. The van der Waals surface area contributed by atoms with Gasteiger partial charge in [-0.25, -0.2) is 0 Å². The smallest absolute Gasteiger partial charge is 0.330 e. The van der Waals surface area contributed by atoms with Crippen LogP contribution >= 0.6 is 0 Å². The van der Waals surface area contributed by atoms with E-state index >= 15 is 0 Å². The minimum absolute atomic E-state index is 0.250. The maximum atomic E-state index is 10.2. The fraction of sp³-hybridized carbons (Fsp3) is 0.875. The highest BCUT2D eigenvalue weighted by Crippen LogP contribution is 2.48. The minimum atomic E-state index is 0.250. The fourth-order valence-corrected chi connectivity index (χ4v) is 3.97. The zero-order valence-electron chi connectivity index (χ0n) is 19.5. The monoisotopic (exact) mass is 438 g/mol. The van der Waals surface area contributed by atoms with Gasteiger partial charge < -0.3 is 11.1 Å². The maximum Gasteiger partial charge on any atom is 0.373 e. The molecule has 0 spiro atoms. The van der Waals surface area contributed by atoms with Crippen LogP contribution in [0, 0.1) is 10.8 Å². The first-order chi connectivity index (χ1) is 14.9. The van der Waals surface area contributed by atoms with Crippen LogP contribution in [0.4, 0.5) is 0 Å². The first-order valence-electron chi connectivity index (χ1n) is 11.8.